The molecule has 4 rings (SSSR count). The van der Waals surface area contributed by atoms with Crippen molar-refractivity contribution >= 4 is 17.5 Å². The fourth-order valence-electron chi connectivity index (χ4n) is 4.87. The van der Waals surface area contributed by atoms with Crippen molar-refractivity contribution in [2.45, 2.75) is 58.1 Å². The highest BCUT2D eigenvalue weighted by atomic mass is 16.5. The minimum absolute atomic E-state index is 0.0183. The van der Waals surface area contributed by atoms with E-state index >= 15 is 0 Å². The van der Waals surface area contributed by atoms with Gasteiger partial charge >= 0.3 is 0 Å². The summed E-state index contributed by atoms with van der Waals surface area (Å²) in [6, 6.07) is 17.3. The molecule has 6 heteroatoms. The van der Waals surface area contributed by atoms with Gasteiger partial charge in [-0.2, -0.15) is 0 Å². The zero-order chi connectivity index (χ0) is 23.8. The Morgan fingerprint density at radius 3 is 2.21 bits per heavy atom. The van der Waals surface area contributed by atoms with Crippen LogP contribution in [-0.4, -0.2) is 53.8 Å². The van der Waals surface area contributed by atoms with Crippen LogP contribution in [0.3, 0.4) is 0 Å². The van der Waals surface area contributed by atoms with Crippen LogP contribution >= 0.6 is 0 Å². The summed E-state index contributed by atoms with van der Waals surface area (Å²) in [5.41, 5.74) is 1.88. The Morgan fingerprint density at radius 2 is 1.56 bits per heavy atom. The molecule has 2 aromatic rings. The maximum absolute atomic E-state index is 12.9. The molecule has 2 aromatic carbocycles. The molecule has 2 amide bonds. The van der Waals surface area contributed by atoms with Crippen molar-refractivity contribution in [3.05, 3.63) is 60.2 Å². The summed E-state index contributed by atoms with van der Waals surface area (Å²) in [5, 5.41) is 3.02. The Bertz CT molecular complexity index is 916. The van der Waals surface area contributed by atoms with Crippen LogP contribution in [0.5, 0.6) is 5.75 Å². The number of hydrogen-bond donors (Lipinski definition) is 1. The highest BCUT2D eigenvalue weighted by Crippen LogP contribution is 2.24. The van der Waals surface area contributed by atoms with Crippen molar-refractivity contribution in [1.82, 2.24) is 9.80 Å². The third-order valence-electron chi connectivity index (χ3n) is 7.09. The van der Waals surface area contributed by atoms with Gasteiger partial charge in [-0.3, -0.25) is 14.5 Å². The molecule has 2 fully saturated rings. The number of carbonyl (C=O) groups excluding carboxylic acids is 2. The zero-order valence-electron chi connectivity index (χ0n) is 20.2. The van der Waals surface area contributed by atoms with E-state index in [0.717, 1.165) is 68.9 Å². The maximum Gasteiger partial charge on any atom is 0.241 e. The van der Waals surface area contributed by atoms with E-state index in [1.54, 1.807) is 0 Å². The molecule has 1 atom stereocenters. The van der Waals surface area contributed by atoms with Gasteiger partial charge < -0.3 is 15.0 Å². The first-order valence-corrected chi connectivity index (χ1v) is 12.7. The summed E-state index contributed by atoms with van der Waals surface area (Å²) >= 11 is 0. The number of nitrogens with one attached hydrogen (secondary N) is 1. The van der Waals surface area contributed by atoms with Gasteiger partial charge in [-0.1, -0.05) is 43.2 Å². The van der Waals surface area contributed by atoms with E-state index < -0.39 is 0 Å². The molecule has 0 aromatic heterocycles. The fourth-order valence-corrected chi connectivity index (χ4v) is 4.87. The van der Waals surface area contributed by atoms with E-state index in [-0.39, 0.29) is 17.9 Å². The first-order valence-electron chi connectivity index (χ1n) is 12.7. The molecule has 182 valence electrons. The quantitative estimate of drug-likeness (QED) is 0.646. The van der Waals surface area contributed by atoms with Gasteiger partial charge in [-0.25, -0.2) is 0 Å². The second kappa shape index (κ2) is 12.0. The van der Waals surface area contributed by atoms with E-state index in [9.17, 15) is 9.59 Å². The van der Waals surface area contributed by atoms with Crippen molar-refractivity contribution in [1.29, 1.82) is 0 Å². The Hall–Kier alpha value is -2.86. The number of anilines is 1. The van der Waals surface area contributed by atoms with Crippen molar-refractivity contribution < 1.29 is 14.3 Å². The monoisotopic (exact) mass is 463 g/mol. The summed E-state index contributed by atoms with van der Waals surface area (Å²) in [6.07, 6.45) is 6.39. The highest BCUT2D eigenvalue weighted by Gasteiger charge is 2.32. The van der Waals surface area contributed by atoms with Crippen LogP contribution in [0.2, 0.25) is 0 Å². The maximum atomic E-state index is 12.9. The predicted octanol–water partition coefficient (Wildman–Crippen LogP) is 4.71. The number of nitrogens with zero attached hydrogens (tertiary/aromatic N) is 2. The molecular formula is C28H37N3O3. The third kappa shape index (κ3) is 6.60. The number of ether oxygens (including phenoxy) is 1. The van der Waals surface area contributed by atoms with E-state index in [2.05, 4.69) is 15.1 Å². The fraction of sp³-hybridized carbons (Fsp3) is 0.500. The molecule has 2 saturated heterocycles. The number of likely N-dealkylation sites (tertiary alicyclic amines) is 2. The minimum atomic E-state index is -0.233. The van der Waals surface area contributed by atoms with Gasteiger partial charge in [0.1, 0.15) is 12.4 Å². The molecule has 0 spiro atoms. The largest absolute Gasteiger partial charge is 0.489 e. The van der Waals surface area contributed by atoms with Crippen LogP contribution in [-0.2, 0) is 16.2 Å². The molecule has 2 heterocycles. The van der Waals surface area contributed by atoms with Gasteiger partial charge in [0.2, 0.25) is 11.8 Å². The number of hydrogen-bond acceptors (Lipinski definition) is 4. The van der Waals surface area contributed by atoms with Gasteiger partial charge in [0, 0.05) is 24.7 Å². The molecule has 34 heavy (non-hydrogen) atoms. The predicted molar refractivity (Wildman–Crippen MR) is 135 cm³/mol. The Labute approximate surface area is 203 Å². The van der Waals surface area contributed by atoms with Crippen LogP contribution in [0, 0.1) is 5.92 Å². The number of rotatable bonds is 7. The van der Waals surface area contributed by atoms with Gasteiger partial charge in [-0.05, 0) is 75.5 Å². The molecule has 0 aliphatic carbocycles. The van der Waals surface area contributed by atoms with Crippen LogP contribution in [0.25, 0.3) is 0 Å². The van der Waals surface area contributed by atoms with E-state index in [1.807, 2.05) is 61.5 Å². The first kappa shape index (κ1) is 24.3. The van der Waals surface area contributed by atoms with Crippen LogP contribution in [0.1, 0.15) is 51.0 Å². The van der Waals surface area contributed by atoms with E-state index in [0.29, 0.717) is 12.5 Å². The average Bonchev–Trinajstić information content (AvgIpc) is 3.18. The molecule has 0 saturated carbocycles. The lowest BCUT2D eigenvalue weighted by atomic mass is 9.94. The smallest absolute Gasteiger partial charge is 0.241 e. The van der Waals surface area contributed by atoms with Crippen LogP contribution in [0.4, 0.5) is 5.69 Å². The topological polar surface area (TPSA) is 61.9 Å². The molecule has 2 aliphatic heterocycles. The average molecular weight is 464 g/mol. The Kier molecular flexibility index (Phi) is 8.58. The Balaban J connectivity index is 1.22. The second-order valence-electron chi connectivity index (χ2n) is 9.51. The Morgan fingerprint density at radius 1 is 0.912 bits per heavy atom. The van der Waals surface area contributed by atoms with Gasteiger partial charge in [0.25, 0.3) is 0 Å². The molecular weight excluding hydrogens is 426 g/mol. The third-order valence-corrected chi connectivity index (χ3v) is 7.09. The van der Waals surface area contributed by atoms with Gasteiger partial charge in [0.05, 0.1) is 6.04 Å². The summed E-state index contributed by atoms with van der Waals surface area (Å²) in [5.74, 6) is 1.18. The molecule has 6 nitrogen and oxygen atoms in total. The molecule has 2 aliphatic rings. The number of benzene rings is 2. The van der Waals surface area contributed by atoms with Crippen molar-refractivity contribution in [3.8, 4) is 5.75 Å². The lowest BCUT2D eigenvalue weighted by Gasteiger charge is -2.36. The van der Waals surface area contributed by atoms with E-state index in [1.165, 1.54) is 12.8 Å². The summed E-state index contributed by atoms with van der Waals surface area (Å²) in [4.78, 5) is 30.1. The van der Waals surface area contributed by atoms with Crippen LogP contribution in [0.15, 0.2) is 54.6 Å². The van der Waals surface area contributed by atoms with Crippen molar-refractivity contribution in [2.24, 2.45) is 5.92 Å². The lowest BCUT2D eigenvalue weighted by molar-refractivity contribution is -0.137. The molecule has 1 unspecified atom stereocenters. The van der Waals surface area contributed by atoms with E-state index in [4.69, 9.17) is 4.74 Å². The van der Waals surface area contributed by atoms with Gasteiger partial charge in [-0.15, -0.1) is 0 Å². The highest BCUT2D eigenvalue weighted by molar-refractivity contribution is 5.94. The summed E-state index contributed by atoms with van der Waals surface area (Å²) < 4.78 is 5.82. The first-order chi connectivity index (χ1) is 16.6. The van der Waals surface area contributed by atoms with Gasteiger partial charge in [0.15, 0.2) is 0 Å². The number of piperidine rings is 1. The summed E-state index contributed by atoms with van der Waals surface area (Å²) in [6.45, 7) is 5.85. The second-order valence-corrected chi connectivity index (χ2v) is 9.51. The summed E-state index contributed by atoms with van der Waals surface area (Å²) in [7, 11) is 0. The lowest BCUT2D eigenvalue weighted by Crippen LogP contribution is -2.48. The van der Waals surface area contributed by atoms with Crippen molar-refractivity contribution in [3.63, 3.8) is 0 Å². The minimum Gasteiger partial charge on any atom is -0.489 e. The number of amides is 2. The zero-order valence-corrected chi connectivity index (χ0v) is 20.2. The van der Waals surface area contributed by atoms with Crippen molar-refractivity contribution in [2.75, 3.05) is 31.5 Å². The molecule has 0 bridgehead atoms. The molecule has 0 radical (unpaired) electrons. The SMILES string of the molecule is CC(C(=O)Nc1ccc(OCc2ccccc2)cc1)N1CCC(C(=O)N2CCCCCC2)CC1. The number of carbonyl (C=O) groups is 2. The molecule has 1 N–H and O–H groups in total. The standard InChI is InChI=1S/C28H37N3O3/c1-22(30-19-15-24(16-20-30)28(33)31-17-7-2-3-8-18-31)27(32)29-25-11-13-26(14-12-25)34-21-23-9-5-4-6-10-23/h4-6,9-14,22,24H,2-3,7-8,15-21H2,1H3,(H,29,32). The van der Waals surface area contributed by atoms with Crippen LogP contribution < -0.4 is 10.1 Å². The normalized spacial score (nSPS) is 18.7.